The molecule has 1 saturated carbocycles. The maximum absolute atomic E-state index is 9.10. The number of nitrogens with zero attached hydrogens (tertiary/aromatic N) is 1. The molecule has 1 aromatic rings. The van der Waals surface area contributed by atoms with Crippen molar-refractivity contribution in [3.8, 4) is 5.75 Å². The molecule has 17 heavy (non-hydrogen) atoms. The third-order valence-electron chi connectivity index (χ3n) is 3.62. The van der Waals surface area contributed by atoms with Crippen LogP contribution in [0.4, 0.5) is 0 Å². The van der Waals surface area contributed by atoms with E-state index in [4.69, 9.17) is 9.94 Å². The van der Waals surface area contributed by atoms with Crippen molar-refractivity contribution in [2.45, 2.75) is 32.1 Å². The lowest BCUT2D eigenvalue weighted by Gasteiger charge is -2.29. The Kier molecular flexibility index (Phi) is 3.67. The number of hydrogen-bond acceptors (Lipinski definition) is 3. The Hall–Kier alpha value is -1.51. The summed E-state index contributed by atoms with van der Waals surface area (Å²) in [4.78, 5) is 0. The molecule has 92 valence electrons. The van der Waals surface area contributed by atoms with Crippen LogP contribution in [0.2, 0.25) is 0 Å². The van der Waals surface area contributed by atoms with Gasteiger partial charge in [-0.15, -0.1) is 0 Å². The number of hydrogen-bond donors (Lipinski definition) is 1. The van der Waals surface area contributed by atoms with Crippen molar-refractivity contribution in [2.24, 2.45) is 11.1 Å². The highest BCUT2D eigenvalue weighted by Crippen LogP contribution is 2.36. The molecule has 0 bridgehead atoms. The van der Waals surface area contributed by atoms with Gasteiger partial charge >= 0.3 is 0 Å². The third-order valence-corrected chi connectivity index (χ3v) is 3.62. The summed E-state index contributed by atoms with van der Waals surface area (Å²) in [6, 6.07) is 8.06. The van der Waals surface area contributed by atoms with Crippen LogP contribution < -0.4 is 4.74 Å². The molecule has 0 amide bonds. The second kappa shape index (κ2) is 5.21. The maximum Gasteiger partial charge on any atom is 0.118 e. The molecule has 0 radical (unpaired) electrons. The van der Waals surface area contributed by atoms with Crippen LogP contribution in [0.1, 0.15) is 37.7 Å². The van der Waals surface area contributed by atoms with Crippen molar-refractivity contribution in [3.05, 3.63) is 29.8 Å². The average Bonchev–Trinajstić information content (AvgIpc) is 2.38. The molecule has 0 aliphatic heterocycles. The van der Waals surface area contributed by atoms with Gasteiger partial charge in [-0.1, -0.05) is 24.2 Å². The van der Waals surface area contributed by atoms with Crippen LogP contribution in [0.5, 0.6) is 5.75 Å². The lowest BCUT2D eigenvalue weighted by atomic mass is 9.75. The van der Waals surface area contributed by atoms with E-state index in [1.807, 2.05) is 12.1 Å². The Bertz CT molecular complexity index is 397. The molecular weight excluding hydrogens is 214 g/mol. The van der Waals surface area contributed by atoms with Crippen molar-refractivity contribution >= 4 is 5.71 Å². The van der Waals surface area contributed by atoms with Gasteiger partial charge in [0.15, 0.2) is 0 Å². The standard InChI is InChI=1S/C14H19NO2/c1-10-4-3-5-13(15-16)14(10)11-6-8-12(17-2)9-7-11/h6-10,14,16H,3-5H2,1-2H3/b15-13+. The van der Waals surface area contributed by atoms with E-state index in [2.05, 4.69) is 24.2 Å². The lowest BCUT2D eigenvalue weighted by molar-refractivity contribution is 0.307. The predicted molar refractivity (Wildman–Crippen MR) is 68.0 cm³/mol. The fourth-order valence-corrected chi connectivity index (χ4v) is 2.70. The van der Waals surface area contributed by atoms with Crippen molar-refractivity contribution in [1.82, 2.24) is 0 Å². The van der Waals surface area contributed by atoms with Gasteiger partial charge in [0, 0.05) is 5.92 Å². The van der Waals surface area contributed by atoms with Crippen molar-refractivity contribution in [1.29, 1.82) is 0 Å². The van der Waals surface area contributed by atoms with Crippen LogP contribution in [0, 0.1) is 5.92 Å². The highest BCUT2D eigenvalue weighted by atomic mass is 16.5. The summed E-state index contributed by atoms with van der Waals surface area (Å²) in [5.74, 6) is 1.64. The summed E-state index contributed by atoms with van der Waals surface area (Å²) in [6.07, 6.45) is 3.21. The van der Waals surface area contributed by atoms with Crippen LogP contribution in [-0.2, 0) is 0 Å². The predicted octanol–water partition coefficient (Wildman–Crippen LogP) is 3.43. The zero-order valence-electron chi connectivity index (χ0n) is 10.4. The van der Waals surface area contributed by atoms with E-state index in [0.717, 1.165) is 24.3 Å². The minimum Gasteiger partial charge on any atom is -0.497 e. The normalized spacial score (nSPS) is 27.1. The van der Waals surface area contributed by atoms with Gasteiger partial charge in [-0.3, -0.25) is 0 Å². The molecule has 3 nitrogen and oxygen atoms in total. The van der Waals surface area contributed by atoms with E-state index in [1.165, 1.54) is 12.0 Å². The molecule has 2 unspecified atom stereocenters. The number of benzene rings is 1. The van der Waals surface area contributed by atoms with Crippen LogP contribution >= 0.6 is 0 Å². The summed E-state index contributed by atoms with van der Waals surface area (Å²) in [5, 5.41) is 12.6. The number of rotatable bonds is 2. The highest BCUT2D eigenvalue weighted by molar-refractivity contribution is 5.91. The molecule has 0 heterocycles. The molecule has 1 aliphatic rings. The molecule has 0 spiro atoms. The lowest BCUT2D eigenvalue weighted by Crippen LogP contribution is -2.24. The summed E-state index contributed by atoms with van der Waals surface area (Å²) < 4.78 is 5.16. The Morgan fingerprint density at radius 1 is 1.29 bits per heavy atom. The first-order valence-electron chi connectivity index (χ1n) is 6.11. The van der Waals surface area contributed by atoms with Gasteiger partial charge in [0.05, 0.1) is 12.8 Å². The zero-order valence-corrected chi connectivity index (χ0v) is 10.4. The van der Waals surface area contributed by atoms with E-state index < -0.39 is 0 Å². The van der Waals surface area contributed by atoms with Crippen molar-refractivity contribution in [3.63, 3.8) is 0 Å². The summed E-state index contributed by atoms with van der Waals surface area (Å²) in [6.45, 7) is 2.22. The van der Waals surface area contributed by atoms with E-state index in [-0.39, 0.29) is 5.92 Å². The van der Waals surface area contributed by atoms with Gasteiger partial charge in [-0.05, 0) is 42.9 Å². The Labute approximate surface area is 102 Å². The topological polar surface area (TPSA) is 41.8 Å². The van der Waals surface area contributed by atoms with Gasteiger partial charge in [0.25, 0.3) is 0 Å². The van der Waals surface area contributed by atoms with Crippen molar-refractivity contribution in [2.75, 3.05) is 7.11 Å². The molecular formula is C14H19NO2. The molecule has 0 aromatic heterocycles. The minimum absolute atomic E-state index is 0.250. The third kappa shape index (κ3) is 2.43. The van der Waals surface area contributed by atoms with Crippen LogP contribution in [0.15, 0.2) is 29.4 Å². The molecule has 0 saturated heterocycles. The fraction of sp³-hybridized carbons (Fsp3) is 0.500. The minimum atomic E-state index is 0.250. The number of methoxy groups -OCH3 is 1. The van der Waals surface area contributed by atoms with Crippen LogP contribution in [-0.4, -0.2) is 18.0 Å². The Balaban J connectivity index is 2.28. The Morgan fingerprint density at radius 3 is 2.59 bits per heavy atom. The van der Waals surface area contributed by atoms with E-state index >= 15 is 0 Å². The van der Waals surface area contributed by atoms with Gasteiger partial charge in [-0.2, -0.15) is 0 Å². The van der Waals surface area contributed by atoms with Gasteiger partial charge < -0.3 is 9.94 Å². The second-order valence-electron chi connectivity index (χ2n) is 4.71. The summed E-state index contributed by atoms with van der Waals surface area (Å²) in [5.41, 5.74) is 2.12. The first-order valence-corrected chi connectivity index (χ1v) is 6.11. The zero-order chi connectivity index (χ0) is 12.3. The largest absolute Gasteiger partial charge is 0.497 e. The molecule has 2 rings (SSSR count). The van der Waals surface area contributed by atoms with Gasteiger partial charge in [0.1, 0.15) is 5.75 Å². The molecule has 1 aromatic carbocycles. The first kappa shape index (κ1) is 12.0. The number of ether oxygens (including phenoxy) is 1. The summed E-state index contributed by atoms with van der Waals surface area (Å²) >= 11 is 0. The second-order valence-corrected chi connectivity index (χ2v) is 4.71. The van der Waals surface area contributed by atoms with Gasteiger partial charge in [0.2, 0.25) is 0 Å². The van der Waals surface area contributed by atoms with Gasteiger partial charge in [-0.25, -0.2) is 0 Å². The fourth-order valence-electron chi connectivity index (χ4n) is 2.70. The highest BCUT2D eigenvalue weighted by Gasteiger charge is 2.28. The van der Waals surface area contributed by atoms with Crippen molar-refractivity contribution < 1.29 is 9.94 Å². The van der Waals surface area contributed by atoms with Crippen LogP contribution in [0.3, 0.4) is 0 Å². The Morgan fingerprint density at radius 2 is 2.00 bits per heavy atom. The maximum atomic E-state index is 9.10. The van der Waals surface area contributed by atoms with E-state index in [9.17, 15) is 0 Å². The quantitative estimate of drug-likeness (QED) is 0.628. The number of oxime groups is 1. The smallest absolute Gasteiger partial charge is 0.118 e. The molecule has 1 fully saturated rings. The van der Waals surface area contributed by atoms with Crippen LogP contribution in [0.25, 0.3) is 0 Å². The van der Waals surface area contributed by atoms with E-state index in [0.29, 0.717) is 5.92 Å². The monoisotopic (exact) mass is 233 g/mol. The average molecular weight is 233 g/mol. The SMILES string of the molecule is COc1ccc(C2/C(=N/O)CCCC2C)cc1. The van der Waals surface area contributed by atoms with E-state index in [1.54, 1.807) is 7.11 Å². The summed E-state index contributed by atoms with van der Waals surface area (Å²) in [7, 11) is 1.67. The molecule has 1 N–H and O–H groups in total. The molecule has 1 aliphatic carbocycles. The first-order chi connectivity index (χ1) is 8.26. The molecule has 3 heteroatoms. The molecule has 2 atom stereocenters.